The third-order valence-electron chi connectivity index (χ3n) is 5.95. The molecule has 1 N–H and O–H groups in total. The molecule has 0 radical (unpaired) electrons. The van der Waals surface area contributed by atoms with E-state index in [0.717, 1.165) is 42.6 Å². The van der Waals surface area contributed by atoms with E-state index in [0.29, 0.717) is 11.8 Å². The average molecular weight is 360 g/mol. The van der Waals surface area contributed by atoms with Crippen LogP contribution in [0.5, 0.6) is 5.75 Å². The van der Waals surface area contributed by atoms with Gasteiger partial charge >= 0.3 is 5.97 Å². The second-order valence-electron chi connectivity index (χ2n) is 8.69. The summed E-state index contributed by atoms with van der Waals surface area (Å²) in [5.74, 6) is 1.07. The highest BCUT2D eigenvalue weighted by Gasteiger charge is 2.49. The quantitative estimate of drug-likeness (QED) is 0.762. The van der Waals surface area contributed by atoms with E-state index in [2.05, 4.69) is 27.7 Å². The van der Waals surface area contributed by atoms with Crippen molar-refractivity contribution in [1.29, 1.82) is 0 Å². The van der Waals surface area contributed by atoms with E-state index < -0.39 is 5.97 Å². The molecule has 4 heteroatoms. The molecule has 1 saturated heterocycles. The zero-order chi connectivity index (χ0) is 18.9. The molecule has 4 nitrogen and oxygen atoms in total. The first-order chi connectivity index (χ1) is 12.3. The molecule has 3 rings (SSSR count). The van der Waals surface area contributed by atoms with Crippen molar-refractivity contribution in [3.05, 3.63) is 29.3 Å². The summed E-state index contributed by atoms with van der Waals surface area (Å²) in [5, 5.41) is 9.11. The molecule has 0 aliphatic carbocycles. The summed E-state index contributed by atoms with van der Waals surface area (Å²) < 4.78 is 12.9. The van der Waals surface area contributed by atoms with Crippen LogP contribution < -0.4 is 4.74 Å². The molecule has 0 aromatic heterocycles. The number of carboxylic acid groups (broad SMARTS) is 1. The Balaban J connectivity index is 1.90. The van der Waals surface area contributed by atoms with Gasteiger partial charge in [-0.15, -0.1) is 0 Å². The summed E-state index contributed by atoms with van der Waals surface area (Å²) in [5.41, 5.74) is 1.62. The molecule has 2 heterocycles. The lowest BCUT2D eigenvalue weighted by atomic mass is 9.72. The van der Waals surface area contributed by atoms with E-state index in [4.69, 9.17) is 14.6 Å². The van der Waals surface area contributed by atoms with Crippen LogP contribution in [-0.4, -0.2) is 22.8 Å². The van der Waals surface area contributed by atoms with E-state index in [1.54, 1.807) is 0 Å². The zero-order valence-corrected chi connectivity index (χ0v) is 16.5. The van der Waals surface area contributed by atoms with Gasteiger partial charge in [-0.1, -0.05) is 26.3 Å². The summed E-state index contributed by atoms with van der Waals surface area (Å²) in [6, 6.07) is 5.79. The number of carboxylic acids is 1. The van der Waals surface area contributed by atoms with Crippen molar-refractivity contribution in [1.82, 2.24) is 0 Å². The summed E-state index contributed by atoms with van der Waals surface area (Å²) >= 11 is 0. The van der Waals surface area contributed by atoms with Gasteiger partial charge in [-0.25, -0.2) is 0 Å². The number of fused-ring (bicyclic) bond motifs is 3. The topological polar surface area (TPSA) is 55.8 Å². The SMILES string of the molecule is CC(C)CCC[C@]1(C)Oc2ccc(CC(=O)O)cc2[C@@H]2O[C@H](C)CC[C@H]21. The van der Waals surface area contributed by atoms with Crippen molar-refractivity contribution in [2.45, 2.75) is 84.0 Å². The maximum absolute atomic E-state index is 11.1. The van der Waals surface area contributed by atoms with E-state index in [9.17, 15) is 4.79 Å². The van der Waals surface area contributed by atoms with E-state index >= 15 is 0 Å². The van der Waals surface area contributed by atoms with Gasteiger partial charge in [0, 0.05) is 11.5 Å². The third kappa shape index (κ3) is 4.06. The number of carbonyl (C=O) groups is 1. The minimum Gasteiger partial charge on any atom is -0.487 e. The van der Waals surface area contributed by atoms with Crippen LogP contribution in [0.15, 0.2) is 18.2 Å². The molecule has 1 fully saturated rings. The average Bonchev–Trinajstić information content (AvgIpc) is 2.54. The zero-order valence-electron chi connectivity index (χ0n) is 16.5. The van der Waals surface area contributed by atoms with Gasteiger partial charge in [0.05, 0.1) is 18.6 Å². The van der Waals surface area contributed by atoms with Gasteiger partial charge in [0.2, 0.25) is 0 Å². The van der Waals surface area contributed by atoms with Gasteiger partial charge in [-0.2, -0.15) is 0 Å². The Hall–Kier alpha value is -1.55. The fraction of sp³-hybridized carbons (Fsp3) is 0.682. The van der Waals surface area contributed by atoms with Crippen LogP contribution in [0.3, 0.4) is 0 Å². The number of hydrogen-bond donors (Lipinski definition) is 1. The molecular weight excluding hydrogens is 328 g/mol. The van der Waals surface area contributed by atoms with Crippen molar-refractivity contribution in [2.24, 2.45) is 11.8 Å². The summed E-state index contributed by atoms with van der Waals surface area (Å²) in [7, 11) is 0. The van der Waals surface area contributed by atoms with Crippen molar-refractivity contribution < 1.29 is 19.4 Å². The van der Waals surface area contributed by atoms with Crippen LogP contribution in [-0.2, 0) is 16.0 Å². The highest BCUT2D eigenvalue weighted by atomic mass is 16.5. The fourth-order valence-electron chi connectivity index (χ4n) is 4.52. The van der Waals surface area contributed by atoms with Gasteiger partial charge in [-0.3, -0.25) is 4.79 Å². The minimum absolute atomic E-state index is 0.000273. The standard InChI is InChI=1S/C22H32O4/c1-14(2)6-5-11-22(4)18-9-7-15(3)25-21(18)17-12-16(13-20(23)24)8-10-19(17)26-22/h8,10,12,14-15,18,21H,5-7,9,11,13H2,1-4H3,(H,23,24)/t15-,18-,21+,22+/m1/s1. The number of benzene rings is 1. The molecule has 2 aliphatic rings. The van der Waals surface area contributed by atoms with Gasteiger partial charge in [-0.05, 0) is 63.1 Å². The lowest BCUT2D eigenvalue weighted by Crippen LogP contribution is -2.50. The molecule has 144 valence electrons. The van der Waals surface area contributed by atoms with Crippen molar-refractivity contribution >= 4 is 5.97 Å². The molecule has 1 aromatic carbocycles. The van der Waals surface area contributed by atoms with Gasteiger partial charge in [0.25, 0.3) is 0 Å². The van der Waals surface area contributed by atoms with Crippen molar-refractivity contribution in [3.63, 3.8) is 0 Å². The van der Waals surface area contributed by atoms with Crippen LogP contribution in [0.4, 0.5) is 0 Å². The lowest BCUT2D eigenvalue weighted by Gasteiger charge is -2.50. The summed E-state index contributed by atoms with van der Waals surface area (Å²) in [6.45, 7) is 8.89. The predicted molar refractivity (Wildman–Crippen MR) is 102 cm³/mol. The molecule has 0 amide bonds. The molecule has 4 atom stereocenters. The van der Waals surface area contributed by atoms with Crippen LogP contribution in [0, 0.1) is 11.8 Å². The first-order valence-electron chi connectivity index (χ1n) is 9.97. The molecule has 1 aromatic rings. The molecular formula is C22H32O4. The van der Waals surface area contributed by atoms with E-state index in [-0.39, 0.29) is 24.2 Å². The first-order valence-corrected chi connectivity index (χ1v) is 9.97. The monoisotopic (exact) mass is 360 g/mol. The van der Waals surface area contributed by atoms with Crippen LogP contribution in [0.25, 0.3) is 0 Å². The van der Waals surface area contributed by atoms with Crippen molar-refractivity contribution in [3.8, 4) is 5.75 Å². The number of aliphatic carboxylic acids is 1. The van der Waals surface area contributed by atoms with Crippen LogP contribution in [0.1, 0.15) is 77.0 Å². The molecule has 0 saturated carbocycles. The largest absolute Gasteiger partial charge is 0.487 e. The summed E-state index contributed by atoms with van der Waals surface area (Å²) in [4.78, 5) is 11.1. The lowest BCUT2D eigenvalue weighted by molar-refractivity contribution is -0.152. The molecule has 26 heavy (non-hydrogen) atoms. The maximum Gasteiger partial charge on any atom is 0.307 e. The third-order valence-corrected chi connectivity index (χ3v) is 5.95. The van der Waals surface area contributed by atoms with Crippen LogP contribution >= 0.6 is 0 Å². The van der Waals surface area contributed by atoms with Gasteiger partial charge in [0.15, 0.2) is 0 Å². The Kier molecular flexibility index (Phi) is 5.61. The second-order valence-corrected chi connectivity index (χ2v) is 8.69. The summed E-state index contributed by atoms with van der Waals surface area (Å²) in [6.07, 6.45) is 5.79. The molecule has 2 aliphatic heterocycles. The van der Waals surface area contributed by atoms with E-state index in [1.165, 1.54) is 6.42 Å². The van der Waals surface area contributed by atoms with Gasteiger partial charge < -0.3 is 14.6 Å². The van der Waals surface area contributed by atoms with E-state index in [1.807, 2.05) is 18.2 Å². The Morgan fingerprint density at radius 1 is 1.35 bits per heavy atom. The smallest absolute Gasteiger partial charge is 0.307 e. The Morgan fingerprint density at radius 2 is 2.12 bits per heavy atom. The predicted octanol–water partition coefficient (Wildman–Crippen LogP) is 5.15. The number of ether oxygens (including phenoxy) is 2. The minimum atomic E-state index is -0.810. The molecule has 0 bridgehead atoms. The fourth-order valence-corrected chi connectivity index (χ4v) is 4.52. The Morgan fingerprint density at radius 3 is 2.81 bits per heavy atom. The highest BCUT2D eigenvalue weighted by Crippen LogP contribution is 2.52. The Bertz CT molecular complexity index is 654. The molecule has 0 unspecified atom stereocenters. The first kappa shape index (κ1) is 19.2. The van der Waals surface area contributed by atoms with Crippen molar-refractivity contribution in [2.75, 3.05) is 0 Å². The maximum atomic E-state index is 11.1. The van der Waals surface area contributed by atoms with Crippen LogP contribution in [0.2, 0.25) is 0 Å². The normalized spacial score (nSPS) is 30.4. The highest BCUT2D eigenvalue weighted by molar-refractivity contribution is 5.70. The number of rotatable bonds is 6. The Labute approximate surface area is 156 Å². The van der Waals surface area contributed by atoms with Gasteiger partial charge in [0.1, 0.15) is 11.4 Å². The molecule has 0 spiro atoms. The second kappa shape index (κ2) is 7.59. The number of hydrogen-bond acceptors (Lipinski definition) is 3.